The van der Waals surface area contributed by atoms with Crippen molar-refractivity contribution >= 4 is 11.7 Å². The summed E-state index contributed by atoms with van der Waals surface area (Å²) in [5, 5.41) is 4.53. The maximum Gasteiger partial charge on any atom is 0.319 e. The Morgan fingerprint density at radius 1 is 1.33 bits per heavy atom. The molecule has 1 aromatic rings. The molecule has 0 bridgehead atoms. The first-order valence-corrected chi connectivity index (χ1v) is 6.28. The minimum atomic E-state index is -1.64. The van der Waals surface area contributed by atoms with Crippen LogP contribution in [0, 0.1) is 17.5 Å². The fourth-order valence-corrected chi connectivity index (χ4v) is 1.86. The summed E-state index contributed by atoms with van der Waals surface area (Å²) in [6.45, 7) is 3.93. The van der Waals surface area contributed by atoms with Gasteiger partial charge in [0.2, 0.25) is 0 Å². The van der Waals surface area contributed by atoms with Crippen molar-refractivity contribution in [2.45, 2.75) is 25.7 Å². The van der Waals surface area contributed by atoms with Crippen LogP contribution in [0.3, 0.4) is 0 Å². The van der Waals surface area contributed by atoms with Crippen molar-refractivity contribution < 1.29 is 27.4 Å². The number of carbonyl (C=O) groups is 1. The van der Waals surface area contributed by atoms with Gasteiger partial charge in [-0.25, -0.2) is 18.0 Å². The zero-order valence-electron chi connectivity index (χ0n) is 11.5. The lowest BCUT2D eigenvalue weighted by Gasteiger charge is -2.17. The maximum absolute atomic E-state index is 13.4. The molecule has 1 unspecified atom stereocenters. The first-order valence-electron chi connectivity index (χ1n) is 6.28. The van der Waals surface area contributed by atoms with E-state index >= 15 is 0 Å². The van der Waals surface area contributed by atoms with E-state index in [0.29, 0.717) is 6.61 Å². The maximum atomic E-state index is 13.4. The molecule has 21 heavy (non-hydrogen) atoms. The van der Waals surface area contributed by atoms with Crippen molar-refractivity contribution in [3.05, 3.63) is 29.6 Å². The van der Waals surface area contributed by atoms with Crippen LogP contribution in [-0.4, -0.2) is 31.1 Å². The van der Waals surface area contributed by atoms with Gasteiger partial charge in [-0.3, -0.25) is 0 Å². The van der Waals surface area contributed by atoms with Crippen LogP contribution in [-0.2, 0) is 9.47 Å². The van der Waals surface area contributed by atoms with E-state index in [4.69, 9.17) is 9.47 Å². The molecular weight excluding hydrogens is 289 g/mol. The number of rotatable bonds is 3. The Labute approximate surface area is 119 Å². The number of ether oxygens (including phenoxy) is 2. The molecule has 1 aliphatic heterocycles. The number of urea groups is 1. The van der Waals surface area contributed by atoms with Gasteiger partial charge in [0, 0.05) is 6.54 Å². The first kappa shape index (κ1) is 15.6. The van der Waals surface area contributed by atoms with Crippen molar-refractivity contribution in [1.29, 1.82) is 0 Å². The van der Waals surface area contributed by atoms with Crippen molar-refractivity contribution in [3.63, 3.8) is 0 Å². The van der Waals surface area contributed by atoms with Crippen LogP contribution in [0.5, 0.6) is 0 Å². The Morgan fingerprint density at radius 2 is 2.05 bits per heavy atom. The molecule has 116 valence electrons. The summed E-state index contributed by atoms with van der Waals surface area (Å²) in [5.74, 6) is -5.12. The summed E-state index contributed by atoms with van der Waals surface area (Å²) in [5.41, 5.74) is -0.449. The van der Waals surface area contributed by atoms with Crippen molar-refractivity contribution in [3.8, 4) is 0 Å². The summed E-state index contributed by atoms with van der Waals surface area (Å²) in [4.78, 5) is 11.6. The molecule has 2 N–H and O–H groups in total. The second kappa shape index (κ2) is 5.90. The van der Waals surface area contributed by atoms with E-state index in [0.717, 1.165) is 12.1 Å². The molecular formula is C13H15F3N2O3. The topological polar surface area (TPSA) is 59.6 Å². The highest BCUT2D eigenvalue weighted by molar-refractivity contribution is 5.89. The third kappa shape index (κ3) is 3.85. The highest BCUT2D eigenvalue weighted by atomic mass is 19.2. The Morgan fingerprint density at radius 3 is 2.67 bits per heavy atom. The van der Waals surface area contributed by atoms with Crippen LogP contribution in [0.15, 0.2) is 12.1 Å². The van der Waals surface area contributed by atoms with E-state index in [9.17, 15) is 18.0 Å². The van der Waals surface area contributed by atoms with Gasteiger partial charge in [0.15, 0.2) is 23.2 Å². The molecule has 0 aliphatic carbocycles. The predicted molar refractivity (Wildman–Crippen MR) is 68.2 cm³/mol. The largest absolute Gasteiger partial charge is 0.348 e. The number of anilines is 1. The lowest BCUT2D eigenvalue weighted by atomic mass is 10.3. The molecule has 8 heteroatoms. The zero-order chi connectivity index (χ0) is 15.6. The summed E-state index contributed by atoms with van der Waals surface area (Å²) >= 11 is 0. The molecule has 1 aromatic carbocycles. The van der Waals surface area contributed by atoms with Gasteiger partial charge in [-0.2, -0.15) is 0 Å². The number of carbonyl (C=O) groups excluding carboxylic acids is 1. The van der Waals surface area contributed by atoms with E-state index in [1.165, 1.54) is 0 Å². The van der Waals surface area contributed by atoms with Gasteiger partial charge in [0.1, 0.15) is 6.10 Å². The van der Waals surface area contributed by atoms with Crippen LogP contribution < -0.4 is 10.6 Å². The fraction of sp³-hybridized carbons (Fsp3) is 0.462. The Kier molecular flexibility index (Phi) is 4.38. The second-order valence-corrected chi connectivity index (χ2v) is 5.01. The third-order valence-electron chi connectivity index (χ3n) is 2.84. The molecule has 1 saturated heterocycles. The zero-order valence-corrected chi connectivity index (χ0v) is 11.5. The first-order chi connectivity index (χ1) is 9.78. The molecule has 1 fully saturated rings. The van der Waals surface area contributed by atoms with E-state index in [1.54, 1.807) is 13.8 Å². The van der Waals surface area contributed by atoms with Crippen molar-refractivity contribution in [2.24, 2.45) is 0 Å². The number of halogens is 3. The minimum absolute atomic E-state index is 0.139. The fourth-order valence-electron chi connectivity index (χ4n) is 1.86. The van der Waals surface area contributed by atoms with E-state index in [2.05, 4.69) is 10.6 Å². The van der Waals surface area contributed by atoms with Crippen LogP contribution in [0.25, 0.3) is 0 Å². The molecule has 0 saturated carbocycles. The highest BCUT2D eigenvalue weighted by Gasteiger charge is 2.32. The van der Waals surface area contributed by atoms with Crippen molar-refractivity contribution in [2.75, 3.05) is 18.5 Å². The summed E-state index contributed by atoms with van der Waals surface area (Å²) in [6, 6.07) is 0.907. The Balaban J connectivity index is 1.87. The molecule has 5 nitrogen and oxygen atoms in total. The van der Waals surface area contributed by atoms with E-state index in [-0.39, 0.29) is 12.6 Å². The predicted octanol–water partition coefficient (Wildman–Crippen LogP) is 2.38. The third-order valence-corrected chi connectivity index (χ3v) is 2.84. The number of hydrogen-bond acceptors (Lipinski definition) is 3. The van der Waals surface area contributed by atoms with Gasteiger partial charge in [-0.05, 0) is 26.0 Å². The number of nitrogens with one attached hydrogen (secondary N) is 2. The molecule has 0 aromatic heterocycles. The van der Waals surface area contributed by atoms with Crippen molar-refractivity contribution in [1.82, 2.24) is 5.32 Å². The molecule has 2 amide bonds. The minimum Gasteiger partial charge on any atom is -0.348 e. The average Bonchev–Trinajstić information content (AvgIpc) is 2.77. The smallest absolute Gasteiger partial charge is 0.319 e. The summed E-state index contributed by atoms with van der Waals surface area (Å²) < 4.78 is 49.9. The number of hydrogen-bond donors (Lipinski definition) is 2. The van der Waals surface area contributed by atoms with Gasteiger partial charge < -0.3 is 20.1 Å². The molecule has 0 spiro atoms. The van der Waals surface area contributed by atoms with Crippen LogP contribution in [0.2, 0.25) is 0 Å². The SMILES string of the molecule is CC1(C)OCC(CNC(=O)Nc2ccc(F)c(F)c2F)O1. The standard InChI is InChI=1S/C13H15F3N2O3/c1-13(2)20-6-7(21-13)5-17-12(19)18-9-4-3-8(14)10(15)11(9)16/h3-4,7H,5-6H2,1-2H3,(H2,17,18,19). The average molecular weight is 304 g/mol. The molecule has 0 radical (unpaired) electrons. The molecule has 1 atom stereocenters. The van der Waals surface area contributed by atoms with E-state index in [1.807, 2.05) is 0 Å². The van der Waals surface area contributed by atoms with Gasteiger partial charge >= 0.3 is 6.03 Å². The quantitative estimate of drug-likeness (QED) is 0.843. The van der Waals surface area contributed by atoms with Gasteiger partial charge in [-0.1, -0.05) is 0 Å². The summed E-state index contributed by atoms with van der Waals surface area (Å²) in [6.07, 6.45) is -0.333. The summed E-state index contributed by atoms with van der Waals surface area (Å²) in [7, 11) is 0. The number of amides is 2. The number of benzene rings is 1. The molecule has 1 aliphatic rings. The van der Waals surface area contributed by atoms with Gasteiger partial charge in [0.25, 0.3) is 0 Å². The van der Waals surface area contributed by atoms with Gasteiger partial charge in [0.05, 0.1) is 12.3 Å². The monoisotopic (exact) mass is 304 g/mol. The normalized spacial score (nSPS) is 20.3. The molecule has 2 rings (SSSR count). The lowest BCUT2D eigenvalue weighted by molar-refractivity contribution is -0.137. The molecule has 1 heterocycles. The van der Waals surface area contributed by atoms with Crippen LogP contribution in [0.1, 0.15) is 13.8 Å². The van der Waals surface area contributed by atoms with Crippen LogP contribution >= 0.6 is 0 Å². The van der Waals surface area contributed by atoms with Gasteiger partial charge in [-0.15, -0.1) is 0 Å². The Bertz CT molecular complexity index is 552. The Hall–Kier alpha value is -1.80. The second-order valence-electron chi connectivity index (χ2n) is 5.01. The lowest BCUT2D eigenvalue weighted by Crippen LogP contribution is -2.37. The van der Waals surface area contributed by atoms with Crippen LogP contribution in [0.4, 0.5) is 23.7 Å². The highest BCUT2D eigenvalue weighted by Crippen LogP contribution is 2.22. The van der Waals surface area contributed by atoms with E-state index < -0.39 is 35.0 Å².